The Kier molecular flexibility index (Phi) is 7.59. The lowest BCUT2D eigenvalue weighted by Crippen LogP contribution is -2.39. The van der Waals surface area contributed by atoms with E-state index in [2.05, 4.69) is 113 Å². The molecule has 0 aliphatic rings. The van der Waals surface area contributed by atoms with E-state index in [1.807, 2.05) is 20.8 Å². The molecule has 0 spiro atoms. The summed E-state index contributed by atoms with van der Waals surface area (Å²) in [4.78, 5) is 0. The maximum absolute atomic E-state index is 13.4. The van der Waals surface area contributed by atoms with Crippen LogP contribution in [0, 0.1) is 0 Å². The molecule has 0 bridgehead atoms. The first kappa shape index (κ1) is 26.1. The fourth-order valence-electron chi connectivity index (χ4n) is 4.65. The third-order valence-corrected chi connectivity index (χ3v) is 10.9. The van der Waals surface area contributed by atoms with Gasteiger partial charge in [-0.15, -0.1) is 0 Å². The van der Waals surface area contributed by atoms with Crippen molar-refractivity contribution >= 4 is 35.0 Å². The summed E-state index contributed by atoms with van der Waals surface area (Å²) in [5, 5.41) is 4.09. The van der Waals surface area contributed by atoms with E-state index in [0.29, 0.717) is 0 Å². The molecule has 4 heteroatoms. The minimum absolute atomic E-state index is 0.140. The number of hydrogen-bond donors (Lipinski definition) is 1. The van der Waals surface area contributed by atoms with Gasteiger partial charge in [0.05, 0.1) is 21.8 Å². The van der Waals surface area contributed by atoms with Gasteiger partial charge in [-0.25, -0.2) is 8.93 Å². The molecule has 2 atom stereocenters. The van der Waals surface area contributed by atoms with Crippen LogP contribution in [0.4, 0.5) is 0 Å². The zero-order chi connectivity index (χ0) is 24.6. The van der Waals surface area contributed by atoms with Gasteiger partial charge in [-0.2, -0.15) is 0 Å². The lowest BCUT2D eigenvalue weighted by atomic mass is 9.97. The van der Waals surface area contributed by atoms with E-state index in [0.717, 1.165) is 5.56 Å². The van der Waals surface area contributed by atoms with Gasteiger partial charge >= 0.3 is 0 Å². The van der Waals surface area contributed by atoms with Crippen molar-refractivity contribution < 1.29 is 4.21 Å². The number of fused-ring (bicyclic) bond motifs is 1. The molecule has 3 aromatic rings. The average molecular weight is 482 g/mol. The third-order valence-electron chi connectivity index (χ3n) is 5.72. The van der Waals surface area contributed by atoms with E-state index < -0.39 is 18.9 Å². The summed E-state index contributed by atoms with van der Waals surface area (Å²) < 4.78 is 16.5. The van der Waals surface area contributed by atoms with Gasteiger partial charge < -0.3 is 0 Å². The minimum atomic E-state index is -1.21. The molecule has 0 aliphatic carbocycles. The quantitative estimate of drug-likeness (QED) is 0.372. The molecule has 0 saturated carbocycles. The van der Waals surface area contributed by atoms with Crippen molar-refractivity contribution in [3.05, 3.63) is 77.9 Å². The maximum Gasteiger partial charge on any atom is 0.0979 e. The van der Waals surface area contributed by atoms with E-state index in [4.69, 9.17) is 0 Å². The standard InChI is InChI=1S/C29H40NOPS/c1-27(2,3)32(28(4,5)6)25-17-13-12-16-24(25)26(30-33(31)29(7,8)9)23-19-18-21-14-10-11-15-22(21)20-23/h10-20,26,30H,1-9H3/t26-,33?/m0/s1. The first-order chi connectivity index (χ1) is 15.2. The van der Waals surface area contributed by atoms with Crippen molar-refractivity contribution in [2.45, 2.75) is 83.4 Å². The highest BCUT2D eigenvalue weighted by Crippen LogP contribution is 2.59. The van der Waals surface area contributed by atoms with Gasteiger partial charge in [-0.05, 0) is 64.4 Å². The summed E-state index contributed by atoms with van der Waals surface area (Å²) in [6, 6.07) is 23.7. The Labute approximate surface area is 204 Å². The van der Waals surface area contributed by atoms with Gasteiger partial charge in [0.25, 0.3) is 0 Å². The Balaban J connectivity index is 2.24. The van der Waals surface area contributed by atoms with Crippen molar-refractivity contribution in [2.24, 2.45) is 0 Å². The summed E-state index contributed by atoms with van der Waals surface area (Å²) in [5.74, 6) is 0. The van der Waals surface area contributed by atoms with Crippen LogP contribution in [0.3, 0.4) is 0 Å². The fraction of sp³-hybridized carbons (Fsp3) is 0.448. The molecule has 1 unspecified atom stereocenters. The van der Waals surface area contributed by atoms with Crippen LogP contribution in [0.1, 0.15) is 79.5 Å². The minimum Gasteiger partial charge on any atom is -0.242 e. The summed E-state index contributed by atoms with van der Waals surface area (Å²) in [5.41, 5.74) is 2.39. The fourth-order valence-corrected chi connectivity index (χ4v) is 9.63. The summed E-state index contributed by atoms with van der Waals surface area (Å²) in [6.45, 7) is 20.2. The highest BCUT2D eigenvalue weighted by Gasteiger charge is 2.38. The number of benzene rings is 3. The van der Waals surface area contributed by atoms with Crippen LogP contribution in [0.25, 0.3) is 10.8 Å². The molecule has 1 N–H and O–H groups in total. The molecule has 3 aromatic carbocycles. The predicted octanol–water partition coefficient (Wildman–Crippen LogP) is 7.69. The molecule has 2 nitrogen and oxygen atoms in total. The van der Waals surface area contributed by atoms with Gasteiger partial charge in [-0.3, -0.25) is 0 Å². The molecule has 178 valence electrons. The van der Waals surface area contributed by atoms with Gasteiger partial charge in [0.2, 0.25) is 0 Å². The Bertz CT molecular complexity index is 1120. The largest absolute Gasteiger partial charge is 0.242 e. The summed E-state index contributed by atoms with van der Waals surface area (Å²) in [7, 11) is -1.72. The lowest BCUT2D eigenvalue weighted by Gasteiger charge is -2.43. The lowest BCUT2D eigenvalue weighted by molar-refractivity contribution is 0.624. The molecular weight excluding hydrogens is 441 g/mol. The monoisotopic (exact) mass is 481 g/mol. The molecule has 0 aromatic heterocycles. The van der Waals surface area contributed by atoms with Crippen molar-refractivity contribution in [3.63, 3.8) is 0 Å². The van der Waals surface area contributed by atoms with Crippen LogP contribution in [0.15, 0.2) is 66.7 Å². The summed E-state index contributed by atoms with van der Waals surface area (Å²) >= 11 is 0. The van der Waals surface area contributed by atoms with Crippen molar-refractivity contribution in [1.82, 2.24) is 4.72 Å². The van der Waals surface area contributed by atoms with Crippen LogP contribution in [-0.2, 0) is 11.0 Å². The Morgan fingerprint density at radius 2 is 1.27 bits per heavy atom. The van der Waals surface area contributed by atoms with E-state index in [1.165, 1.54) is 21.6 Å². The van der Waals surface area contributed by atoms with Gasteiger partial charge in [0.1, 0.15) is 0 Å². The Hall–Kier alpha value is -1.54. The van der Waals surface area contributed by atoms with Crippen LogP contribution in [0.2, 0.25) is 0 Å². The normalized spacial score (nSPS) is 15.1. The SMILES string of the molecule is CC(C)(C)P(c1ccccc1[C@@H](NS(=O)C(C)(C)C)c1ccc2ccccc2c1)C(C)(C)C. The Morgan fingerprint density at radius 1 is 0.727 bits per heavy atom. The van der Waals surface area contributed by atoms with Crippen LogP contribution < -0.4 is 10.0 Å². The average Bonchev–Trinajstić information content (AvgIpc) is 2.69. The van der Waals surface area contributed by atoms with Crippen molar-refractivity contribution in [1.29, 1.82) is 0 Å². The number of rotatable bonds is 5. The molecule has 3 rings (SSSR count). The van der Waals surface area contributed by atoms with Crippen LogP contribution in [0.5, 0.6) is 0 Å². The molecule has 0 heterocycles. The third kappa shape index (κ3) is 6.13. The molecule has 33 heavy (non-hydrogen) atoms. The van der Waals surface area contributed by atoms with Crippen molar-refractivity contribution in [2.75, 3.05) is 0 Å². The first-order valence-corrected chi connectivity index (χ1v) is 14.2. The van der Waals surface area contributed by atoms with E-state index in [9.17, 15) is 4.21 Å². The Morgan fingerprint density at radius 3 is 1.85 bits per heavy atom. The van der Waals surface area contributed by atoms with Crippen molar-refractivity contribution in [3.8, 4) is 0 Å². The predicted molar refractivity (Wildman–Crippen MR) is 149 cm³/mol. The highest BCUT2D eigenvalue weighted by molar-refractivity contribution is 7.84. The van der Waals surface area contributed by atoms with Crippen LogP contribution in [-0.4, -0.2) is 19.3 Å². The highest BCUT2D eigenvalue weighted by atomic mass is 32.2. The maximum atomic E-state index is 13.4. The molecule has 0 fully saturated rings. The first-order valence-electron chi connectivity index (χ1n) is 11.8. The molecule has 0 radical (unpaired) electrons. The van der Waals surface area contributed by atoms with Crippen LogP contribution >= 0.6 is 7.92 Å². The smallest absolute Gasteiger partial charge is 0.0979 e. The number of hydrogen-bond acceptors (Lipinski definition) is 1. The zero-order valence-electron chi connectivity index (χ0n) is 21.7. The van der Waals surface area contributed by atoms with E-state index in [1.54, 1.807) is 0 Å². The molecular formula is C29H40NOPS. The zero-order valence-corrected chi connectivity index (χ0v) is 23.4. The number of nitrogens with one attached hydrogen (secondary N) is 1. The molecule has 0 saturated heterocycles. The topological polar surface area (TPSA) is 29.1 Å². The second-order valence-corrected chi connectivity index (χ2v) is 17.6. The second kappa shape index (κ2) is 9.61. The second-order valence-electron chi connectivity index (χ2n) is 11.8. The van der Waals surface area contributed by atoms with E-state index in [-0.39, 0.29) is 21.1 Å². The van der Waals surface area contributed by atoms with Gasteiger partial charge in [-0.1, -0.05) is 110 Å². The van der Waals surface area contributed by atoms with E-state index >= 15 is 0 Å². The molecule has 0 amide bonds. The summed E-state index contributed by atoms with van der Waals surface area (Å²) in [6.07, 6.45) is 0. The molecule has 0 aliphatic heterocycles. The van der Waals surface area contributed by atoms with Gasteiger partial charge in [0.15, 0.2) is 0 Å². The van der Waals surface area contributed by atoms with Gasteiger partial charge in [0, 0.05) is 0 Å².